The van der Waals surface area contributed by atoms with Gasteiger partial charge in [0.1, 0.15) is 0 Å². The molecule has 1 aromatic carbocycles. The van der Waals surface area contributed by atoms with Gasteiger partial charge in [-0.05, 0) is 39.3 Å². The van der Waals surface area contributed by atoms with Crippen molar-refractivity contribution >= 4 is 45.4 Å². The number of carbonyl (C=O) groups is 1. The molecule has 0 radical (unpaired) electrons. The molecule has 0 fully saturated rings. The Hall–Kier alpha value is -1.25. The summed E-state index contributed by atoms with van der Waals surface area (Å²) < 4.78 is 19.4. The number of carbonyl (C=O) groups excluding carboxylic acids is 1. The van der Waals surface area contributed by atoms with Crippen molar-refractivity contribution in [1.82, 2.24) is 0 Å². The first-order chi connectivity index (χ1) is 14.1. The number of hydrogen-bond acceptors (Lipinski definition) is 7. The van der Waals surface area contributed by atoms with Crippen LogP contribution in [-0.4, -0.2) is 52.8 Å². The van der Waals surface area contributed by atoms with Crippen LogP contribution in [0.25, 0.3) is 0 Å². The van der Waals surface area contributed by atoms with E-state index in [1.54, 1.807) is 16.7 Å². The maximum atomic E-state index is 13.0. The van der Waals surface area contributed by atoms with E-state index in [9.17, 15) is 14.9 Å². The summed E-state index contributed by atoms with van der Waals surface area (Å²) in [4.78, 5) is 23.5. The molecule has 1 aromatic rings. The monoisotopic (exact) mass is 474 g/mol. The van der Waals surface area contributed by atoms with Crippen molar-refractivity contribution in [2.24, 2.45) is 0 Å². The second-order valence-electron chi connectivity index (χ2n) is 7.48. The van der Waals surface area contributed by atoms with Crippen LogP contribution in [0.5, 0.6) is 0 Å². The molecule has 170 valence electrons. The normalized spacial score (nSPS) is 12.1. The fourth-order valence-electron chi connectivity index (χ4n) is 3.00. The summed E-state index contributed by atoms with van der Waals surface area (Å²) in [5.74, 6) is 0.620. The highest BCUT2D eigenvalue weighted by molar-refractivity contribution is 8.14. The van der Waals surface area contributed by atoms with Gasteiger partial charge in [0.2, 0.25) is 0 Å². The number of amides is 1. The fourth-order valence-corrected chi connectivity index (χ4v) is 9.06. The minimum absolute atomic E-state index is 0.0125. The Balaban J connectivity index is 2.80. The number of thioether (sulfide) groups is 1. The predicted molar refractivity (Wildman–Crippen MR) is 127 cm³/mol. The molecule has 0 aromatic heterocycles. The van der Waals surface area contributed by atoms with Crippen molar-refractivity contribution < 1.29 is 23.0 Å². The number of nitrogens with zero attached hydrogens (tertiary/aromatic N) is 2. The summed E-state index contributed by atoms with van der Waals surface area (Å²) in [6.07, 6.45) is 0.739. The van der Waals surface area contributed by atoms with Crippen molar-refractivity contribution in [3.63, 3.8) is 0 Å². The summed E-state index contributed by atoms with van der Waals surface area (Å²) in [6.45, 7) is 13.6. The Bertz CT molecular complexity index is 668. The van der Waals surface area contributed by atoms with E-state index in [4.69, 9.17) is 13.3 Å². The highest BCUT2D eigenvalue weighted by atomic mass is 32.2. The van der Waals surface area contributed by atoms with Crippen LogP contribution in [0, 0.1) is 10.1 Å². The van der Waals surface area contributed by atoms with Gasteiger partial charge in [-0.2, -0.15) is 0 Å². The first-order valence-corrected chi connectivity index (χ1v) is 16.6. The number of benzene rings is 1. The topological polar surface area (TPSA) is 91.1 Å². The Labute approximate surface area is 185 Å². The van der Waals surface area contributed by atoms with Gasteiger partial charge >= 0.3 is 8.80 Å². The second-order valence-corrected chi connectivity index (χ2v) is 16.0. The summed E-state index contributed by atoms with van der Waals surface area (Å²) >= 11 is 1.26. The number of hydrogen-bond donors (Lipinski definition) is 0. The average molecular weight is 475 g/mol. The highest BCUT2D eigenvalue weighted by Gasteiger charge is 2.40. The fraction of sp³-hybridized carbons (Fsp3) is 0.632. The molecule has 0 unspecified atom stereocenters. The van der Waals surface area contributed by atoms with E-state index in [1.807, 2.05) is 20.8 Å². The Morgan fingerprint density at radius 2 is 1.53 bits per heavy atom. The molecule has 0 saturated heterocycles. The summed E-state index contributed by atoms with van der Waals surface area (Å²) in [7, 11) is -4.75. The largest absolute Gasteiger partial charge is 0.500 e. The van der Waals surface area contributed by atoms with E-state index in [0.29, 0.717) is 37.3 Å². The maximum absolute atomic E-state index is 13.0. The zero-order valence-corrected chi connectivity index (χ0v) is 21.6. The summed E-state index contributed by atoms with van der Waals surface area (Å²) in [6, 6.07) is 6.82. The van der Waals surface area contributed by atoms with Crippen molar-refractivity contribution in [1.29, 1.82) is 0 Å². The van der Waals surface area contributed by atoms with Crippen LogP contribution in [-0.2, 0) is 13.3 Å². The van der Waals surface area contributed by atoms with Gasteiger partial charge in [0, 0.05) is 49.4 Å². The number of anilines is 1. The third-order valence-corrected chi connectivity index (χ3v) is 10.2. The number of nitro benzene ring substituents is 1. The Morgan fingerprint density at radius 3 is 1.93 bits per heavy atom. The molecular formula is C19H34N2O6SSi2. The summed E-state index contributed by atoms with van der Waals surface area (Å²) in [5, 5.41) is 10.9. The molecular weight excluding hydrogens is 440 g/mol. The maximum Gasteiger partial charge on any atom is 0.500 e. The lowest BCUT2D eigenvalue weighted by Crippen LogP contribution is -2.48. The minimum Gasteiger partial charge on any atom is -0.374 e. The molecule has 0 heterocycles. The smallest absolute Gasteiger partial charge is 0.374 e. The van der Waals surface area contributed by atoms with Crippen LogP contribution < -0.4 is 4.57 Å². The SMILES string of the molecule is CCO[Si](CCCSC(=O)N(c1ccc([N+](=O)[O-])cc1)[Si](C)(C)C)(OCC)OCC. The molecule has 30 heavy (non-hydrogen) atoms. The molecule has 0 saturated carbocycles. The standard InChI is InChI=1S/C19H34N2O6SSi2/c1-7-25-30(26-8-2,27-9-3)16-10-15-28-19(22)20(29(4,5)6)17-11-13-18(14-12-17)21(23)24/h11-14H,7-10,15-16H2,1-6H3. The molecule has 0 aliphatic heterocycles. The van der Waals surface area contributed by atoms with E-state index in [0.717, 1.165) is 6.42 Å². The Morgan fingerprint density at radius 1 is 1.03 bits per heavy atom. The lowest BCUT2D eigenvalue weighted by atomic mass is 10.3. The van der Waals surface area contributed by atoms with Crippen molar-refractivity contribution in [2.75, 3.05) is 30.1 Å². The predicted octanol–water partition coefficient (Wildman–Crippen LogP) is 5.53. The first kappa shape index (κ1) is 26.8. The lowest BCUT2D eigenvalue weighted by Gasteiger charge is -2.34. The van der Waals surface area contributed by atoms with Gasteiger partial charge in [-0.15, -0.1) is 0 Å². The molecule has 11 heteroatoms. The number of nitro groups is 1. The number of non-ortho nitro benzene ring substituents is 1. The van der Waals surface area contributed by atoms with Crippen LogP contribution in [0.1, 0.15) is 27.2 Å². The molecule has 1 amide bonds. The van der Waals surface area contributed by atoms with Gasteiger partial charge in [-0.25, -0.2) is 0 Å². The lowest BCUT2D eigenvalue weighted by molar-refractivity contribution is -0.384. The zero-order chi connectivity index (χ0) is 22.8. The quantitative estimate of drug-likeness (QED) is 0.161. The molecule has 0 bridgehead atoms. The van der Waals surface area contributed by atoms with Gasteiger partial charge in [0.25, 0.3) is 10.9 Å². The van der Waals surface area contributed by atoms with Crippen molar-refractivity contribution in [3.8, 4) is 0 Å². The van der Waals surface area contributed by atoms with Gasteiger partial charge < -0.3 is 17.8 Å². The molecule has 0 spiro atoms. The van der Waals surface area contributed by atoms with Gasteiger partial charge in [-0.1, -0.05) is 31.4 Å². The van der Waals surface area contributed by atoms with E-state index >= 15 is 0 Å². The third kappa shape index (κ3) is 8.12. The van der Waals surface area contributed by atoms with Gasteiger partial charge in [0.15, 0.2) is 8.24 Å². The molecule has 0 atom stereocenters. The van der Waals surface area contributed by atoms with Crippen LogP contribution in [0.2, 0.25) is 25.7 Å². The first-order valence-electron chi connectivity index (χ1n) is 10.2. The van der Waals surface area contributed by atoms with Crippen LogP contribution >= 0.6 is 11.8 Å². The van der Waals surface area contributed by atoms with Gasteiger partial charge in [0.05, 0.1) is 4.92 Å². The molecule has 0 N–H and O–H groups in total. The van der Waals surface area contributed by atoms with Crippen molar-refractivity contribution in [3.05, 3.63) is 34.4 Å². The van der Waals surface area contributed by atoms with E-state index in [2.05, 4.69) is 19.6 Å². The summed E-state index contributed by atoms with van der Waals surface area (Å²) in [5.41, 5.74) is 0.706. The van der Waals surface area contributed by atoms with E-state index in [-0.39, 0.29) is 10.9 Å². The molecule has 0 aliphatic carbocycles. The average Bonchev–Trinajstić information content (AvgIpc) is 2.65. The van der Waals surface area contributed by atoms with Crippen molar-refractivity contribution in [2.45, 2.75) is 52.9 Å². The van der Waals surface area contributed by atoms with Crippen LogP contribution in [0.3, 0.4) is 0 Å². The van der Waals surface area contributed by atoms with Crippen LogP contribution in [0.15, 0.2) is 24.3 Å². The minimum atomic E-state index is -2.71. The highest BCUT2D eigenvalue weighted by Crippen LogP contribution is 2.29. The van der Waals surface area contributed by atoms with Crippen LogP contribution in [0.4, 0.5) is 16.2 Å². The number of rotatable bonds is 13. The molecule has 0 aliphatic rings. The van der Waals surface area contributed by atoms with E-state index in [1.165, 1.54) is 23.9 Å². The Kier molecular flexibility index (Phi) is 11.2. The van der Waals surface area contributed by atoms with Gasteiger partial charge in [-0.3, -0.25) is 14.9 Å². The van der Waals surface area contributed by atoms with E-state index < -0.39 is 22.0 Å². The molecule has 1 rings (SSSR count). The third-order valence-electron chi connectivity index (χ3n) is 4.12. The molecule has 8 nitrogen and oxygen atoms in total. The zero-order valence-electron chi connectivity index (χ0n) is 18.8. The second kappa shape index (κ2) is 12.6.